The molecule has 1 saturated heterocycles. The largest absolute Gasteiger partial charge is 0.497 e. The molecule has 2 aliphatic heterocycles. The van der Waals surface area contributed by atoms with Crippen LogP contribution in [0, 0.1) is 5.92 Å². The Bertz CT molecular complexity index is 1610. The van der Waals surface area contributed by atoms with Gasteiger partial charge in [0, 0.05) is 38.2 Å². The minimum absolute atomic E-state index is 0.0487. The van der Waals surface area contributed by atoms with Crippen LogP contribution in [-0.2, 0) is 30.2 Å². The summed E-state index contributed by atoms with van der Waals surface area (Å²) in [5.41, 5.74) is 2.88. The molecular formula is C35H42N2O12. The molecule has 2 heterocycles. The van der Waals surface area contributed by atoms with Crippen LogP contribution in [0.15, 0.2) is 66.7 Å². The standard InChI is InChI=1S/C35H42N2O12/c1-43-21-11-9-20(10-12-21)35-28(19-7-5-4-6-8-19)27(31(41)37-14-13-36)30(40)34(35,42)29-24(44-2)15-22(16-25(29)49-35)47-33-32(45-3)46-18-26(48-33)23(39)17-38/h4-12,15-16,23,26-28,30,32-33,38-40,42H,13-14,17-18,36H2,1-3H3,(H,37,41)/t23-,26-,27?,28?,30?,32-,33-,34?,35?/m1/s1. The van der Waals surface area contributed by atoms with Gasteiger partial charge in [-0.3, -0.25) is 4.79 Å². The lowest BCUT2D eigenvalue weighted by molar-refractivity contribution is -0.324. The molecule has 0 radical (unpaired) electrons. The number of aliphatic hydroxyl groups excluding tert-OH is 3. The first kappa shape index (κ1) is 34.9. The van der Waals surface area contributed by atoms with Gasteiger partial charge in [0.05, 0.1) is 38.9 Å². The van der Waals surface area contributed by atoms with Crippen molar-refractivity contribution in [3.05, 3.63) is 83.4 Å². The lowest BCUT2D eigenvalue weighted by Gasteiger charge is -2.40. The number of hydrogen-bond donors (Lipinski definition) is 6. The molecule has 0 bridgehead atoms. The number of benzene rings is 3. The van der Waals surface area contributed by atoms with E-state index in [1.807, 2.05) is 30.3 Å². The van der Waals surface area contributed by atoms with Gasteiger partial charge in [-0.25, -0.2) is 0 Å². The molecule has 2 fully saturated rings. The van der Waals surface area contributed by atoms with Crippen LogP contribution in [0.4, 0.5) is 0 Å². The Morgan fingerprint density at radius 1 is 1.04 bits per heavy atom. The molecular weight excluding hydrogens is 640 g/mol. The molecule has 14 heteroatoms. The minimum atomic E-state index is -2.25. The molecule has 1 aliphatic carbocycles. The fraction of sp³-hybridized carbons (Fsp3) is 0.457. The Morgan fingerprint density at radius 3 is 2.41 bits per heavy atom. The first-order valence-electron chi connectivity index (χ1n) is 15.9. The molecule has 9 atom stereocenters. The first-order valence-corrected chi connectivity index (χ1v) is 15.9. The zero-order valence-electron chi connectivity index (χ0n) is 27.4. The van der Waals surface area contributed by atoms with Gasteiger partial charge in [-0.1, -0.05) is 42.5 Å². The number of amides is 1. The third kappa shape index (κ3) is 5.67. The van der Waals surface area contributed by atoms with Crippen LogP contribution in [0.25, 0.3) is 0 Å². The van der Waals surface area contributed by atoms with Crippen LogP contribution < -0.4 is 30.0 Å². The summed E-state index contributed by atoms with van der Waals surface area (Å²) in [6.07, 6.45) is -6.02. The van der Waals surface area contributed by atoms with E-state index in [-0.39, 0.29) is 42.5 Å². The molecule has 3 aromatic rings. The average molecular weight is 683 g/mol. The number of carbonyl (C=O) groups excluding carboxylic acids is 1. The first-order chi connectivity index (χ1) is 23.7. The molecule has 5 unspecified atom stereocenters. The Labute approximate surface area is 283 Å². The van der Waals surface area contributed by atoms with E-state index in [1.54, 1.807) is 24.3 Å². The quantitative estimate of drug-likeness (QED) is 0.154. The Balaban J connectivity index is 1.52. The van der Waals surface area contributed by atoms with E-state index in [4.69, 9.17) is 38.9 Å². The fourth-order valence-electron chi connectivity index (χ4n) is 7.32. The summed E-state index contributed by atoms with van der Waals surface area (Å²) in [5, 5.41) is 47.9. The van der Waals surface area contributed by atoms with Gasteiger partial charge >= 0.3 is 0 Å². The number of methoxy groups -OCH3 is 3. The number of ether oxygens (including phenoxy) is 7. The van der Waals surface area contributed by atoms with Crippen molar-refractivity contribution in [2.45, 2.75) is 48.0 Å². The van der Waals surface area contributed by atoms with Crippen molar-refractivity contribution in [1.29, 1.82) is 0 Å². The number of nitrogens with two attached hydrogens (primary N) is 1. The minimum Gasteiger partial charge on any atom is -0.497 e. The normalized spacial score (nSPS) is 30.9. The molecule has 3 aliphatic rings. The Kier molecular flexibility index (Phi) is 10.0. The summed E-state index contributed by atoms with van der Waals surface area (Å²) in [4.78, 5) is 13.9. The molecule has 7 N–H and O–H groups in total. The Hall–Kier alpha value is -3.99. The lowest BCUT2D eigenvalue weighted by atomic mass is 9.70. The summed E-state index contributed by atoms with van der Waals surface area (Å²) in [7, 11) is 4.33. The van der Waals surface area contributed by atoms with Gasteiger partial charge in [0.2, 0.25) is 12.2 Å². The molecule has 1 amide bonds. The van der Waals surface area contributed by atoms with E-state index in [1.165, 1.54) is 33.5 Å². The van der Waals surface area contributed by atoms with E-state index < -0.39 is 66.4 Å². The highest BCUT2D eigenvalue weighted by Gasteiger charge is 2.78. The number of aliphatic hydroxyl groups is 4. The highest BCUT2D eigenvalue weighted by molar-refractivity contribution is 5.83. The van der Waals surface area contributed by atoms with Crippen LogP contribution in [0.1, 0.15) is 22.6 Å². The molecule has 49 heavy (non-hydrogen) atoms. The summed E-state index contributed by atoms with van der Waals surface area (Å²) >= 11 is 0. The zero-order chi connectivity index (χ0) is 34.9. The van der Waals surface area contributed by atoms with Crippen molar-refractivity contribution < 1.29 is 58.4 Å². The monoisotopic (exact) mass is 682 g/mol. The van der Waals surface area contributed by atoms with Gasteiger partial charge in [-0.15, -0.1) is 0 Å². The van der Waals surface area contributed by atoms with Gasteiger partial charge < -0.3 is 64.6 Å². The topological polar surface area (TPSA) is 201 Å². The van der Waals surface area contributed by atoms with Crippen molar-refractivity contribution in [2.24, 2.45) is 11.7 Å². The predicted octanol–water partition coefficient (Wildman–Crippen LogP) is 0.475. The van der Waals surface area contributed by atoms with E-state index in [0.29, 0.717) is 16.9 Å². The third-order valence-corrected chi connectivity index (χ3v) is 9.52. The Morgan fingerprint density at radius 2 is 1.78 bits per heavy atom. The smallest absolute Gasteiger partial charge is 0.251 e. The zero-order valence-corrected chi connectivity index (χ0v) is 27.4. The van der Waals surface area contributed by atoms with Crippen LogP contribution in [-0.4, -0.2) is 105 Å². The number of carbonyl (C=O) groups is 1. The van der Waals surface area contributed by atoms with E-state index in [2.05, 4.69) is 5.32 Å². The van der Waals surface area contributed by atoms with Gasteiger partial charge in [-0.2, -0.15) is 0 Å². The number of rotatable bonds is 12. The number of hydrogen-bond acceptors (Lipinski definition) is 13. The van der Waals surface area contributed by atoms with Crippen molar-refractivity contribution in [3.8, 4) is 23.0 Å². The summed E-state index contributed by atoms with van der Waals surface area (Å²) in [6, 6.07) is 19.0. The number of nitrogens with one attached hydrogen (secondary N) is 1. The maximum Gasteiger partial charge on any atom is 0.251 e. The maximum atomic E-state index is 13.9. The highest BCUT2D eigenvalue weighted by Crippen LogP contribution is 2.70. The van der Waals surface area contributed by atoms with Gasteiger partial charge in [-0.05, 0) is 23.3 Å². The second-order valence-electron chi connectivity index (χ2n) is 12.1. The van der Waals surface area contributed by atoms with Crippen LogP contribution in [0.2, 0.25) is 0 Å². The highest BCUT2D eigenvalue weighted by atomic mass is 16.8. The lowest BCUT2D eigenvalue weighted by Crippen LogP contribution is -2.52. The number of fused-ring (bicyclic) bond motifs is 3. The second kappa shape index (κ2) is 14.1. The van der Waals surface area contributed by atoms with Crippen molar-refractivity contribution >= 4 is 5.91 Å². The molecule has 264 valence electrons. The van der Waals surface area contributed by atoms with Gasteiger partial charge in [0.1, 0.15) is 41.3 Å². The van der Waals surface area contributed by atoms with Crippen LogP contribution in [0.3, 0.4) is 0 Å². The van der Waals surface area contributed by atoms with Crippen molar-refractivity contribution in [1.82, 2.24) is 5.32 Å². The molecule has 14 nitrogen and oxygen atoms in total. The van der Waals surface area contributed by atoms with E-state index in [9.17, 15) is 25.2 Å². The van der Waals surface area contributed by atoms with Gasteiger partial charge in [0.25, 0.3) is 6.29 Å². The van der Waals surface area contributed by atoms with E-state index >= 15 is 0 Å². The van der Waals surface area contributed by atoms with Gasteiger partial charge in [0.15, 0.2) is 11.2 Å². The van der Waals surface area contributed by atoms with Crippen LogP contribution >= 0.6 is 0 Å². The molecule has 0 aromatic heterocycles. The van der Waals surface area contributed by atoms with Crippen LogP contribution in [0.5, 0.6) is 23.0 Å². The second-order valence-corrected chi connectivity index (χ2v) is 12.1. The fourth-order valence-corrected chi connectivity index (χ4v) is 7.32. The average Bonchev–Trinajstić information content (AvgIpc) is 3.51. The maximum absolute atomic E-state index is 13.9. The van der Waals surface area contributed by atoms with Crippen molar-refractivity contribution in [2.75, 3.05) is 47.6 Å². The molecule has 1 saturated carbocycles. The predicted molar refractivity (Wildman–Crippen MR) is 172 cm³/mol. The SMILES string of the molecule is COc1ccc(C23Oc4cc(O[C@@H]5O[C@@H]([C@H](O)CO)CO[C@H]5OC)cc(OC)c4C2(O)C(O)C(C(=O)NCCN)C3c2ccccc2)cc1. The third-order valence-electron chi connectivity index (χ3n) is 9.52. The van der Waals surface area contributed by atoms with Crippen molar-refractivity contribution in [3.63, 3.8) is 0 Å². The summed E-state index contributed by atoms with van der Waals surface area (Å²) in [6.45, 7) is -0.271. The molecule has 6 rings (SSSR count). The van der Waals surface area contributed by atoms with E-state index in [0.717, 1.165) is 0 Å². The summed E-state index contributed by atoms with van der Waals surface area (Å²) in [5.74, 6) is -1.72. The molecule has 3 aromatic carbocycles. The molecule has 0 spiro atoms. The summed E-state index contributed by atoms with van der Waals surface area (Å²) < 4.78 is 41.2.